The van der Waals surface area contributed by atoms with E-state index in [0.717, 1.165) is 48.4 Å². The van der Waals surface area contributed by atoms with Crippen LogP contribution in [-0.4, -0.2) is 51.9 Å². The zero-order valence-corrected chi connectivity index (χ0v) is 18.3. The van der Waals surface area contributed by atoms with E-state index < -0.39 is 0 Å². The molecule has 4 rings (SSSR count). The van der Waals surface area contributed by atoms with Gasteiger partial charge >= 0.3 is 0 Å². The molecule has 0 unspecified atom stereocenters. The van der Waals surface area contributed by atoms with Gasteiger partial charge in [0, 0.05) is 5.56 Å². The van der Waals surface area contributed by atoms with Crippen molar-refractivity contribution in [2.75, 3.05) is 20.1 Å². The van der Waals surface area contributed by atoms with Crippen molar-refractivity contribution in [2.45, 2.75) is 39.5 Å². The number of carbonyl (C=O) groups is 1. The molecular formula is C23H27FN6O. The minimum Gasteiger partial charge on any atom is -0.311 e. The van der Waals surface area contributed by atoms with E-state index in [1.165, 1.54) is 0 Å². The second kappa shape index (κ2) is 8.55. The lowest BCUT2D eigenvalue weighted by atomic mass is 9.88. The maximum absolute atomic E-state index is 15.2. The number of aryl methyl sites for hydroxylation is 2. The average molecular weight is 423 g/mol. The molecule has 1 saturated heterocycles. The van der Waals surface area contributed by atoms with E-state index >= 15 is 4.39 Å². The summed E-state index contributed by atoms with van der Waals surface area (Å²) in [6, 6.07) is 5.47. The summed E-state index contributed by atoms with van der Waals surface area (Å²) in [5.41, 5.74) is 4.67. The molecule has 1 aliphatic rings. The van der Waals surface area contributed by atoms with Gasteiger partial charge < -0.3 is 10.2 Å². The van der Waals surface area contributed by atoms with Crippen molar-refractivity contribution in [3.05, 3.63) is 58.4 Å². The van der Waals surface area contributed by atoms with Gasteiger partial charge in [0.25, 0.3) is 0 Å². The molecule has 0 aliphatic carbocycles. The Kier molecular flexibility index (Phi) is 5.82. The first-order valence-corrected chi connectivity index (χ1v) is 10.5. The summed E-state index contributed by atoms with van der Waals surface area (Å²) in [6.45, 7) is 7.46. The van der Waals surface area contributed by atoms with Crippen LogP contribution in [0.15, 0.2) is 29.4 Å². The number of likely N-dealkylation sites (tertiary alicyclic amines) is 1. The van der Waals surface area contributed by atoms with Crippen LogP contribution in [0.1, 0.15) is 47.0 Å². The standard InChI is InChI=1S/C23H27FN6O/c1-14-12-30-21(16(3)26-14)11-20(28-30)23(25-13-31)27-19-6-5-18(22(24)15(19)2)17-7-9-29(4)10-8-17/h5-6,11-13,17H,7-10H2,1-4H3,(H,25,27,31). The Morgan fingerprint density at radius 1 is 1.26 bits per heavy atom. The highest BCUT2D eigenvalue weighted by Crippen LogP contribution is 2.34. The lowest BCUT2D eigenvalue weighted by Crippen LogP contribution is -2.29. The Morgan fingerprint density at radius 3 is 2.71 bits per heavy atom. The molecule has 1 aromatic carbocycles. The smallest absolute Gasteiger partial charge is 0.212 e. The largest absolute Gasteiger partial charge is 0.311 e. The summed E-state index contributed by atoms with van der Waals surface area (Å²) in [7, 11) is 2.09. The van der Waals surface area contributed by atoms with Crippen molar-refractivity contribution in [1.29, 1.82) is 0 Å². The molecule has 0 saturated carbocycles. The summed E-state index contributed by atoms with van der Waals surface area (Å²) in [5.74, 6) is 0.273. The van der Waals surface area contributed by atoms with Gasteiger partial charge in [0.1, 0.15) is 11.5 Å². The van der Waals surface area contributed by atoms with Crippen LogP contribution >= 0.6 is 0 Å². The van der Waals surface area contributed by atoms with E-state index in [1.54, 1.807) is 11.4 Å². The number of fused-ring (bicyclic) bond motifs is 1. The number of nitrogens with zero attached hydrogens (tertiary/aromatic N) is 5. The number of benzene rings is 1. The topological polar surface area (TPSA) is 74.9 Å². The minimum absolute atomic E-state index is 0.216. The number of hydrogen-bond donors (Lipinski definition) is 1. The van der Waals surface area contributed by atoms with Gasteiger partial charge in [-0.1, -0.05) is 6.07 Å². The molecule has 0 radical (unpaired) electrons. The van der Waals surface area contributed by atoms with Crippen LogP contribution in [0.3, 0.4) is 0 Å². The van der Waals surface area contributed by atoms with Crippen molar-refractivity contribution in [3.8, 4) is 0 Å². The summed E-state index contributed by atoms with van der Waals surface area (Å²) in [6.07, 6.45) is 4.26. The summed E-state index contributed by atoms with van der Waals surface area (Å²) < 4.78 is 17.0. The van der Waals surface area contributed by atoms with Gasteiger partial charge in [0.05, 0.1) is 28.8 Å². The molecule has 0 spiro atoms. The highest BCUT2D eigenvalue weighted by Gasteiger charge is 2.23. The molecule has 2 aromatic heterocycles. The fourth-order valence-electron chi connectivity index (χ4n) is 4.20. The Labute approximate surface area is 181 Å². The molecule has 7 nitrogen and oxygen atoms in total. The number of aliphatic imine (C=N–C) groups is 1. The monoisotopic (exact) mass is 422 g/mol. The van der Waals surface area contributed by atoms with E-state index in [0.29, 0.717) is 23.4 Å². The molecular weight excluding hydrogens is 395 g/mol. The van der Waals surface area contributed by atoms with E-state index in [4.69, 9.17) is 0 Å². The first-order valence-electron chi connectivity index (χ1n) is 10.5. The SMILES string of the molecule is Cc1cn2nc(C(=Nc3ccc(C4CCN(C)CC4)c(F)c3C)NC=O)cc2c(C)n1. The number of piperidine rings is 1. The number of hydrogen-bond acceptors (Lipinski definition) is 5. The van der Waals surface area contributed by atoms with Crippen molar-refractivity contribution >= 4 is 23.4 Å². The highest BCUT2D eigenvalue weighted by atomic mass is 19.1. The van der Waals surface area contributed by atoms with Crippen LogP contribution in [0, 0.1) is 26.6 Å². The fourth-order valence-corrected chi connectivity index (χ4v) is 4.20. The fraction of sp³-hybridized carbons (Fsp3) is 0.391. The van der Waals surface area contributed by atoms with Gasteiger partial charge in [-0.15, -0.1) is 0 Å². The van der Waals surface area contributed by atoms with Crippen molar-refractivity contribution in [1.82, 2.24) is 24.8 Å². The normalized spacial score (nSPS) is 16.1. The summed E-state index contributed by atoms with van der Waals surface area (Å²) >= 11 is 0. The number of carbonyl (C=O) groups excluding carboxylic acids is 1. The van der Waals surface area contributed by atoms with Crippen molar-refractivity contribution < 1.29 is 9.18 Å². The summed E-state index contributed by atoms with van der Waals surface area (Å²) in [4.78, 5) is 22.5. The van der Waals surface area contributed by atoms with Crippen LogP contribution in [0.25, 0.3) is 5.52 Å². The molecule has 162 valence electrons. The molecule has 0 bridgehead atoms. The van der Waals surface area contributed by atoms with Gasteiger partial charge in [0.15, 0.2) is 5.84 Å². The molecule has 1 N–H and O–H groups in total. The van der Waals surface area contributed by atoms with E-state index in [9.17, 15) is 4.79 Å². The maximum atomic E-state index is 15.2. The number of amides is 1. The van der Waals surface area contributed by atoms with Gasteiger partial charge in [0.2, 0.25) is 6.41 Å². The first-order chi connectivity index (χ1) is 14.9. The summed E-state index contributed by atoms with van der Waals surface area (Å²) in [5, 5.41) is 7.14. The van der Waals surface area contributed by atoms with Crippen molar-refractivity contribution in [2.24, 2.45) is 4.99 Å². The second-order valence-electron chi connectivity index (χ2n) is 8.24. The molecule has 1 amide bonds. The zero-order valence-electron chi connectivity index (χ0n) is 18.3. The van der Waals surface area contributed by atoms with Crippen LogP contribution in [0.2, 0.25) is 0 Å². The van der Waals surface area contributed by atoms with Gasteiger partial charge in [-0.2, -0.15) is 5.10 Å². The third kappa shape index (κ3) is 4.20. The van der Waals surface area contributed by atoms with Gasteiger partial charge in [-0.3, -0.25) is 9.78 Å². The van der Waals surface area contributed by atoms with Crippen LogP contribution < -0.4 is 5.32 Å². The van der Waals surface area contributed by atoms with Crippen LogP contribution in [0.5, 0.6) is 0 Å². The molecule has 3 heterocycles. The number of nitrogens with one attached hydrogen (secondary N) is 1. The van der Waals surface area contributed by atoms with E-state index in [1.807, 2.05) is 38.2 Å². The third-order valence-electron chi connectivity index (χ3n) is 5.98. The Morgan fingerprint density at radius 2 is 2.00 bits per heavy atom. The molecule has 8 heteroatoms. The minimum atomic E-state index is -0.216. The number of halogens is 1. The lowest BCUT2D eigenvalue weighted by molar-refractivity contribution is -0.108. The van der Waals surface area contributed by atoms with Gasteiger partial charge in [-0.05, 0) is 77.4 Å². The average Bonchev–Trinajstić information content (AvgIpc) is 3.16. The number of aromatic nitrogens is 3. The van der Waals surface area contributed by atoms with Crippen molar-refractivity contribution in [3.63, 3.8) is 0 Å². The van der Waals surface area contributed by atoms with Gasteiger partial charge in [-0.25, -0.2) is 13.9 Å². The molecule has 1 fully saturated rings. The van der Waals surface area contributed by atoms with Crippen LogP contribution in [-0.2, 0) is 4.79 Å². The number of amidine groups is 1. The lowest BCUT2D eigenvalue weighted by Gasteiger charge is -2.29. The molecule has 3 aromatic rings. The first kappa shape index (κ1) is 21.1. The Bertz CT molecular complexity index is 1160. The Hall–Kier alpha value is -3.13. The molecule has 0 atom stereocenters. The predicted octanol–water partition coefficient (Wildman–Crippen LogP) is 3.43. The van der Waals surface area contributed by atoms with E-state index in [-0.39, 0.29) is 17.6 Å². The Balaban J connectivity index is 1.71. The second-order valence-corrected chi connectivity index (χ2v) is 8.24. The number of rotatable bonds is 4. The zero-order chi connectivity index (χ0) is 22.1. The predicted molar refractivity (Wildman–Crippen MR) is 118 cm³/mol. The van der Waals surface area contributed by atoms with Crippen LogP contribution in [0.4, 0.5) is 10.1 Å². The van der Waals surface area contributed by atoms with E-state index in [2.05, 4.69) is 32.3 Å². The highest BCUT2D eigenvalue weighted by molar-refractivity contribution is 6.04. The maximum Gasteiger partial charge on any atom is 0.212 e. The third-order valence-corrected chi connectivity index (χ3v) is 5.98. The molecule has 1 aliphatic heterocycles. The quantitative estimate of drug-likeness (QED) is 0.397. The molecule has 31 heavy (non-hydrogen) atoms.